The summed E-state index contributed by atoms with van der Waals surface area (Å²) in [6.07, 6.45) is 0. The molecule has 0 fully saturated rings. The highest BCUT2D eigenvalue weighted by Crippen LogP contribution is 2.48. The molecule has 0 spiro atoms. The average Bonchev–Trinajstić information content (AvgIpc) is 3.80. The molecule has 0 atom stereocenters. The van der Waals surface area contributed by atoms with Crippen molar-refractivity contribution in [2.75, 3.05) is 0 Å². The molecule has 4 heterocycles. The van der Waals surface area contributed by atoms with Crippen molar-refractivity contribution in [1.82, 2.24) is 9.13 Å². The summed E-state index contributed by atoms with van der Waals surface area (Å²) >= 11 is 0. The van der Waals surface area contributed by atoms with Gasteiger partial charge in [-0.2, -0.15) is 0 Å². The van der Waals surface area contributed by atoms with Crippen molar-refractivity contribution in [1.29, 1.82) is 0 Å². The van der Waals surface area contributed by atoms with Gasteiger partial charge in [0.25, 0.3) is 6.71 Å². The van der Waals surface area contributed by atoms with E-state index in [1.165, 1.54) is 136 Å². The summed E-state index contributed by atoms with van der Waals surface area (Å²) in [4.78, 5) is 0. The van der Waals surface area contributed by atoms with Crippen LogP contribution in [0.15, 0.2) is 152 Å². The normalized spacial score (nSPS) is 13.7. The van der Waals surface area contributed by atoms with E-state index in [4.69, 9.17) is 0 Å². The van der Waals surface area contributed by atoms with Gasteiger partial charge < -0.3 is 9.13 Å². The van der Waals surface area contributed by atoms with Gasteiger partial charge in [-0.05, 0) is 123 Å². The van der Waals surface area contributed by atoms with Crippen molar-refractivity contribution >= 4 is 121 Å². The zero-order valence-electron chi connectivity index (χ0n) is 35.4. The Morgan fingerprint density at radius 2 is 0.918 bits per heavy atom. The van der Waals surface area contributed by atoms with Gasteiger partial charge in [0.05, 0.1) is 16.6 Å². The molecule has 2 aliphatic rings. The molecule has 2 aliphatic heterocycles. The molecule has 0 unspecified atom stereocenters. The predicted molar refractivity (Wildman–Crippen MR) is 265 cm³/mol. The first-order valence-corrected chi connectivity index (χ1v) is 22.0. The van der Waals surface area contributed by atoms with Crippen LogP contribution < -0.4 is 16.4 Å². The van der Waals surface area contributed by atoms with Crippen molar-refractivity contribution in [2.24, 2.45) is 0 Å². The fourth-order valence-corrected chi connectivity index (χ4v) is 11.9. The lowest BCUT2D eigenvalue weighted by Gasteiger charge is -2.34. The summed E-state index contributed by atoms with van der Waals surface area (Å²) in [5, 5.41) is 18.5. The van der Waals surface area contributed by atoms with Gasteiger partial charge in [0.1, 0.15) is 0 Å². The van der Waals surface area contributed by atoms with Gasteiger partial charge in [-0.25, -0.2) is 0 Å². The van der Waals surface area contributed by atoms with Gasteiger partial charge in [0, 0.05) is 43.8 Å². The summed E-state index contributed by atoms with van der Waals surface area (Å²) in [5.74, 6) is 0. The SMILES string of the molecule is CC(C)(C)c1ccc2c(c1)c1cc(C(C)(C)C)cc3c1n2-c1cccc2c1B3c1cc3c4ccccc4c4ccccc4c3c3c4c5ccc6ccccc6c5ccc4n-2c13. The molecule has 14 rings (SSSR count). The second-order valence-electron chi connectivity index (χ2n) is 20.1. The molecule has 0 aliphatic carbocycles. The first-order chi connectivity index (χ1) is 29.6. The molecule has 0 saturated carbocycles. The highest BCUT2D eigenvalue weighted by Gasteiger charge is 2.42. The van der Waals surface area contributed by atoms with E-state index in [0.717, 1.165) is 0 Å². The van der Waals surface area contributed by atoms with Gasteiger partial charge in [-0.1, -0.05) is 157 Å². The molecular formula is C58H43BN2. The van der Waals surface area contributed by atoms with E-state index in [2.05, 4.69) is 202 Å². The van der Waals surface area contributed by atoms with Crippen LogP contribution in [-0.4, -0.2) is 15.8 Å². The second kappa shape index (κ2) is 11.1. The smallest absolute Gasteiger partial charge is 0.252 e. The maximum absolute atomic E-state index is 2.66. The van der Waals surface area contributed by atoms with Crippen LogP contribution in [0.25, 0.3) is 109 Å². The van der Waals surface area contributed by atoms with E-state index in [1.54, 1.807) is 0 Å². The maximum atomic E-state index is 2.66. The minimum atomic E-state index is -0.0420. The first-order valence-electron chi connectivity index (χ1n) is 22.0. The lowest BCUT2D eigenvalue weighted by Crippen LogP contribution is -2.59. The van der Waals surface area contributed by atoms with Crippen molar-refractivity contribution in [2.45, 2.75) is 52.4 Å². The third kappa shape index (κ3) is 4.15. The molecule has 0 amide bonds. The standard InChI is InChI=1S/C58H43BN2/c1-57(2,3)33-23-26-47-42(28-33)44-29-34(58(4,5)6)30-45-55(44)60(47)49-20-13-21-50-54(49)59(45)46-31-43-38-18-10-9-16-36(38)37-17-11-12-19-40(37)51(43)53-52-41-24-22-32-14-7-8-15-35(32)39(41)25-27-48(52)61(50)56(46)53/h7-31H,1-6H3. The van der Waals surface area contributed by atoms with Crippen LogP contribution in [0.5, 0.6) is 0 Å². The summed E-state index contributed by atoms with van der Waals surface area (Å²) in [5.41, 5.74) is 14.8. The van der Waals surface area contributed by atoms with Crippen molar-refractivity contribution in [3.8, 4) is 11.4 Å². The predicted octanol–water partition coefficient (Wildman–Crippen LogP) is 13.4. The van der Waals surface area contributed by atoms with Gasteiger partial charge >= 0.3 is 0 Å². The summed E-state index contributed by atoms with van der Waals surface area (Å²) in [6.45, 7) is 14.2. The number of rotatable bonds is 0. The van der Waals surface area contributed by atoms with Crippen LogP contribution in [0.2, 0.25) is 0 Å². The quantitative estimate of drug-likeness (QED) is 0.107. The fraction of sp³-hybridized carbons (Fsp3) is 0.138. The fourth-order valence-electron chi connectivity index (χ4n) is 11.9. The number of nitrogens with zero attached hydrogens (tertiary/aromatic N) is 2. The number of hydrogen-bond acceptors (Lipinski definition) is 0. The summed E-state index contributed by atoms with van der Waals surface area (Å²) in [6, 6.07) is 58.8. The Bertz CT molecular complexity index is 4010. The molecule has 0 N–H and O–H groups in total. The zero-order chi connectivity index (χ0) is 40.8. The Labute approximate surface area is 354 Å². The molecule has 10 aromatic carbocycles. The highest BCUT2D eigenvalue weighted by molar-refractivity contribution is 7.00. The number of fused-ring (bicyclic) bond motifs is 21. The maximum Gasteiger partial charge on any atom is 0.252 e. The molecule has 2 aromatic heterocycles. The van der Waals surface area contributed by atoms with E-state index in [9.17, 15) is 0 Å². The van der Waals surface area contributed by atoms with E-state index >= 15 is 0 Å². The number of benzene rings is 10. The van der Waals surface area contributed by atoms with E-state index < -0.39 is 0 Å². The number of hydrogen-bond donors (Lipinski definition) is 0. The van der Waals surface area contributed by atoms with Crippen LogP contribution in [0.4, 0.5) is 0 Å². The second-order valence-corrected chi connectivity index (χ2v) is 20.1. The number of aromatic nitrogens is 2. The van der Waals surface area contributed by atoms with Gasteiger partial charge in [0.15, 0.2) is 0 Å². The Morgan fingerprint density at radius 1 is 0.361 bits per heavy atom. The molecule has 0 radical (unpaired) electrons. The van der Waals surface area contributed by atoms with Crippen molar-refractivity contribution < 1.29 is 0 Å². The average molecular weight is 779 g/mol. The Morgan fingerprint density at radius 3 is 1.66 bits per heavy atom. The molecule has 61 heavy (non-hydrogen) atoms. The van der Waals surface area contributed by atoms with Gasteiger partial charge in [-0.15, -0.1) is 0 Å². The lowest BCUT2D eigenvalue weighted by atomic mass is 9.34. The molecule has 0 bridgehead atoms. The monoisotopic (exact) mass is 778 g/mol. The molecular weight excluding hydrogens is 735 g/mol. The summed E-state index contributed by atoms with van der Waals surface area (Å²) < 4.78 is 5.28. The topological polar surface area (TPSA) is 9.86 Å². The van der Waals surface area contributed by atoms with Crippen LogP contribution in [0, 0.1) is 0 Å². The zero-order valence-corrected chi connectivity index (χ0v) is 35.4. The lowest BCUT2D eigenvalue weighted by molar-refractivity contribution is 0.590. The van der Waals surface area contributed by atoms with E-state index in [0.29, 0.717) is 0 Å². The van der Waals surface area contributed by atoms with Gasteiger partial charge in [-0.3, -0.25) is 0 Å². The highest BCUT2D eigenvalue weighted by atomic mass is 15.0. The van der Waals surface area contributed by atoms with Crippen molar-refractivity contribution in [3.05, 3.63) is 163 Å². The van der Waals surface area contributed by atoms with Crippen LogP contribution in [-0.2, 0) is 10.8 Å². The molecule has 2 nitrogen and oxygen atoms in total. The van der Waals surface area contributed by atoms with E-state index in [1.807, 2.05) is 0 Å². The largest absolute Gasteiger partial charge is 0.310 e. The van der Waals surface area contributed by atoms with Gasteiger partial charge in [0.2, 0.25) is 0 Å². The first kappa shape index (κ1) is 33.9. The van der Waals surface area contributed by atoms with Crippen LogP contribution >= 0.6 is 0 Å². The minimum absolute atomic E-state index is 0.0362. The van der Waals surface area contributed by atoms with Crippen LogP contribution in [0.3, 0.4) is 0 Å². The minimum Gasteiger partial charge on any atom is -0.310 e. The third-order valence-electron chi connectivity index (χ3n) is 14.7. The Hall–Kier alpha value is -6.84. The van der Waals surface area contributed by atoms with Crippen molar-refractivity contribution in [3.63, 3.8) is 0 Å². The Balaban J connectivity index is 1.26. The van der Waals surface area contributed by atoms with E-state index in [-0.39, 0.29) is 17.5 Å². The molecule has 288 valence electrons. The molecule has 12 aromatic rings. The van der Waals surface area contributed by atoms with Crippen LogP contribution in [0.1, 0.15) is 52.7 Å². The molecule has 0 saturated heterocycles. The summed E-state index contributed by atoms with van der Waals surface area (Å²) in [7, 11) is 0. The third-order valence-corrected chi connectivity index (χ3v) is 14.7. The Kier molecular flexibility index (Phi) is 6.18. The molecule has 3 heteroatoms.